The van der Waals surface area contributed by atoms with Gasteiger partial charge in [0, 0.05) is 18.6 Å². The molecule has 0 radical (unpaired) electrons. The Balaban J connectivity index is 1.62. The largest absolute Gasteiger partial charge is 0.497 e. The lowest BCUT2D eigenvalue weighted by Gasteiger charge is -2.20. The number of benzene rings is 2. The number of methoxy groups -OCH3 is 2. The number of fused-ring (bicyclic) bond motifs is 1. The van der Waals surface area contributed by atoms with Gasteiger partial charge in [0.25, 0.3) is 0 Å². The zero-order valence-corrected chi connectivity index (χ0v) is 14.7. The molecule has 2 unspecified atom stereocenters. The minimum absolute atomic E-state index is 0.0550. The van der Waals surface area contributed by atoms with Crippen molar-refractivity contribution in [3.63, 3.8) is 0 Å². The second-order valence-electron chi connectivity index (χ2n) is 5.58. The summed E-state index contributed by atoms with van der Waals surface area (Å²) in [5.41, 5.74) is 1.41. The van der Waals surface area contributed by atoms with Crippen molar-refractivity contribution in [2.24, 2.45) is 0 Å². The van der Waals surface area contributed by atoms with E-state index in [9.17, 15) is 5.11 Å². The summed E-state index contributed by atoms with van der Waals surface area (Å²) in [4.78, 5) is 4.52. The maximum atomic E-state index is 10.1. The Bertz CT molecular complexity index is 854. The molecule has 3 aromatic rings. The molecular weight excluding hydrogens is 334 g/mol. The number of nitrogens with zero attached hydrogens (tertiary/aromatic N) is 1. The Hall–Kier alpha value is -2.67. The van der Waals surface area contributed by atoms with E-state index in [2.05, 4.69) is 4.98 Å². The number of pyridine rings is 1. The molecule has 136 valence electrons. The SMILES string of the molecule is COc1cccc(OCC(O)OC(OC)c2ccc3ccccc3n2)c1. The highest BCUT2D eigenvalue weighted by Gasteiger charge is 2.18. The zero-order chi connectivity index (χ0) is 18.4. The molecule has 1 heterocycles. The Kier molecular flexibility index (Phi) is 6.01. The van der Waals surface area contributed by atoms with Gasteiger partial charge >= 0.3 is 0 Å². The minimum Gasteiger partial charge on any atom is -0.497 e. The molecule has 1 aromatic heterocycles. The van der Waals surface area contributed by atoms with E-state index in [0.717, 1.165) is 10.9 Å². The Morgan fingerprint density at radius 3 is 2.58 bits per heavy atom. The second-order valence-corrected chi connectivity index (χ2v) is 5.58. The molecule has 0 amide bonds. The van der Waals surface area contributed by atoms with Gasteiger partial charge in [-0.2, -0.15) is 0 Å². The van der Waals surface area contributed by atoms with Gasteiger partial charge in [0.2, 0.25) is 6.29 Å². The van der Waals surface area contributed by atoms with Crippen LogP contribution in [-0.4, -0.2) is 37.2 Å². The van der Waals surface area contributed by atoms with E-state index >= 15 is 0 Å². The number of aliphatic hydroxyl groups excluding tert-OH is 1. The number of rotatable bonds is 8. The molecule has 26 heavy (non-hydrogen) atoms. The van der Waals surface area contributed by atoms with Crippen molar-refractivity contribution in [3.8, 4) is 11.5 Å². The van der Waals surface area contributed by atoms with Crippen LogP contribution in [0.15, 0.2) is 60.7 Å². The predicted molar refractivity (Wildman–Crippen MR) is 97.1 cm³/mol. The quantitative estimate of drug-likeness (QED) is 0.625. The summed E-state index contributed by atoms with van der Waals surface area (Å²) in [7, 11) is 3.08. The molecule has 6 heteroatoms. The van der Waals surface area contributed by atoms with Gasteiger partial charge < -0.3 is 24.1 Å². The topological polar surface area (TPSA) is 70.0 Å². The number of para-hydroxylation sites is 1. The maximum Gasteiger partial charge on any atom is 0.203 e. The number of hydrogen-bond donors (Lipinski definition) is 1. The minimum atomic E-state index is -1.18. The van der Waals surface area contributed by atoms with Crippen LogP contribution in [0.1, 0.15) is 12.0 Å². The highest BCUT2D eigenvalue weighted by molar-refractivity contribution is 5.78. The molecule has 3 rings (SSSR count). The number of aromatic nitrogens is 1. The Labute approximate surface area is 151 Å². The fourth-order valence-corrected chi connectivity index (χ4v) is 2.50. The highest BCUT2D eigenvalue weighted by atomic mass is 16.7. The summed E-state index contributed by atoms with van der Waals surface area (Å²) in [6.07, 6.45) is -1.98. The highest BCUT2D eigenvalue weighted by Crippen LogP contribution is 2.22. The first-order chi connectivity index (χ1) is 12.7. The fourth-order valence-electron chi connectivity index (χ4n) is 2.50. The van der Waals surface area contributed by atoms with Crippen molar-refractivity contribution >= 4 is 10.9 Å². The number of hydrogen-bond acceptors (Lipinski definition) is 6. The third-order valence-electron chi connectivity index (χ3n) is 3.79. The lowest BCUT2D eigenvalue weighted by molar-refractivity contribution is -0.232. The molecular formula is C20H21NO5. The average molecular weight is 355 g/mol. The molecule has 2 aromatic carbocycles. The first kappa shape index (κ1) is 18.1. The van der Waals surface area contributed by atoms with Gasteiger partial charge in [0.15, 0.2) is 6.29 Å². The number of aliphatic hydroxyl groups is 1. The molecule has 0 fully saturated rings. The molecule has 0 saturated heterocycles. The Morgan fingerprint density at radius 1 is 0.962 bits per heavy atom. The molecule has 6 nitrogen and oxygen atoms in total. The van der Waals surface area contributed by atoms with Crippen molar-refractivity contribution < 1.29 is 24.1 Å². The van der Waals surface area contributed by atoms with Crippen molar-refractivity contribution in [1.29, 1.82) is 0 Å². The molecule has 0 aliphatic heterocycles. The summed E-state index contributed by atoms with van der Waals surface area (Å²) < 4.78 is 21.5. The maximum absolute atomic E-state index is 10.1. The van der Waals surface area contributed by atoms with Crippen LogP contribution in [0.3, 0.4) is 0 Å². The zero-order valence-electron chi connectivity index (χ0n) is 14.7. The van der Waals surface area contributed by atoms with Gasteiger partial charge in [-0.1, -0.05) is 30.3 Å². The first-order valence-corrected chi connectivity index (χ1v) is 8.18. The first-order valence-electron chi connectivity index (χ1n) is 8.18. The van der Waals surface area contributed by atoms with E-state index in [1.54, 1.807) is 25.3 Å². The van der Waals surface area contributed by atoms with E-state index < -0.39 is 12.6 Å². The summed E-state index contributed by atoms with van der Waals surface area (Å²) in [5, 5.41) is 11.1. The third-order valence-corrected chi connectivity index (χ3v) is 3.79. The van der Waals surface area contributed by atoms with Gasteiger partial charge in [0.1, 0.15) is 18.1 Å². The van der Waals surface area contributed by atoms with Gasteiger partial charge in [-0.05, 0) is 24.3 Å². The van der Waals surface area contributed by atoms with E-state index in [1.807, 2.05) is 42.5 Å². The van der Waals surface area contributed by atoms with Crippen molar-refractivity contribution in [2.45, 2.75) is 12.6 Å². The van der Waals surface area contributed by atoms with E-state index in [1.165, 1.54) is 7.11 Å². The molecule has 1 N–H and O–H groups in total. The van der Waals surface area contributed by atoms with Crippen LogP contribution < -0.4 is 9.47 Å². The molecule has 0 spiro atoms. The summed E-state index contributed by atoms with van der Waals surface area (Å²) >= 11 is 0. The molecule has 0 aliphatic carbocycles. The van der Waals surface area contributed by atoms with Crippen molar-refractivity contribution in [1.82, 2.24) is 4.98 Å². The van der Waals surface area contributed by atoms with Gasteiger partial charge in [0.05, 0.1) is 18.3 Å². The molecule has 2 atom stereocenters. The van der Waals surface area contributed by atoms with Crippen molar-refractivity contribution in [2.75, 3.05) is 20.8 Å². The van der Waals surface area contributed by atoms with Crippen LogP contribution in [0.4, 0.5) is 0 Å². The summed E-state index contributed by atoms with van der Waals surface area (Å²) in [6.45, 7) is -0.0550. The third kappa shape index (κ3) is 4.49. The Morgan fingerprint density at radius 2 is 1.77 bits per heavy atom. The second kappa shape index (κ2) is 8.62. The predicted octanol–water partition coefficient (Wildman–Crippen LogP) is 3.30. The fraction of sp³-hybridized carbons (Fsp3) is 0.250. The summed E-state index contributed by atoms with van der Waals surface area (Å²) in [6, 6.07) is 18.6. The number of ether oxygens (including phenoxy) is 4. The normalized spacial score (nSPS) is 13.3. The lowest BCUT2D eigenvalue weighted by Crippen LogP contribution is -2.24. The van der Waals surface area contributed by atoms with Crippen LogP contribution in [0.5, 0.6) is 11.5 Å². The van der Waals surface area contributed by atoms with Crippen LogP contribution in [0.2, 0.25) is 0 Å². The lowest BCUT2D eigenvalue weighted by atomic mass is 10.2. The van der Waals surface area contributed by atoms with Gasteiger partial charge in [-0.3, -0.25) is 0 Å². The van der Waals surface area contributed by atoms with E-state index in [4.69, 9.17) is 18.9 Å². The van der Waals surface area contributed by atoms with Gasteiger partial charge in [-0.25, -0.2) is 4.98 Å². The van der Waals surface area contributed by atoms with Gasteiger partial charge in [-0.15, -0.1) is 0 Å². The van der Waals surface area contributed by atoms with Crippen LogP contribution >= 0.6 is 0 Å². The smallest absolute Gasteiger partial charge is 0.203 e. The van der Waals surface area contributed by atoms with E-state index in [0.29, 0.717) is 17.2 Å². The van der Waals surface area contributed by atoms with Crippen LogP contribution in [0, 0.1) is 0 Å². The van der Waals surface area contributed by atoms with E-state index in [-0.39, 0.29) is 6.61 Å². The monoisotopic (exact) mass is 355 g/mol. The van der Waals surface area contributed by atoms with Crippen LogP contribution in [-0.2, 0) is 9.47 Å². The standard InChI is InChI=1S/C20H21NO5/c1-23-15-7-5-8-16(12-15)25-13-19(22)26-20(24-2)18-11-10-14-6-3-4-9-17(14)21-18/h3-12,19-20,22H,13H2,1-2H3. The molecule has 0 aliphatic rings. The molecule has 0 saturated carbocycles. The molecule has 0 bridgehead atoms. The average Bonchev–Trinajstić information content (AvgIpc) is 2.70. The van der Waals surface area contributed by atoms with Crippen LogP contribution in [0.25, 0.3) is 10.9 Å². The van der Waals surface area contributed by atoms with Crippen molar-refractivity contribution in [3.05, 3.63) is 66.4 Å². The summed E-state index contributed by atoms with van der Waals surface area (Å²) in [5.74, 6) is 1.25.